The predicted octanol–water partition coefficient (Wildman–Crippen LogP) is 3.00. The van der Waals surface area contributed by atoms with Crippen LogP contribution >= 0.6 is 0 Å². The molecule has 0 aliphatic heterocycles. The van der Waals surface area contributed by atoms with Crippen molar-refractivity contribution in [3.05, 3.63) is 29.6 Å². The van der Waals surface area contributed by atoms with Crippen molar-refractivity contribution in [1.29, 1.82) is 0 Å². The maximum absolute atomic E-state index is 12.8. The van der Waals surface area contributed by atoms with E-state index in [2.05, 4.69) is 4.74 Å². The minimum atomic E-state index is -5.00. The molecule has 0 unspecified atom stereocenters. The Morgan fingerprint density at radius 2 is 1.87 bits per heavy atom. The lowest BCUT2D eigenvalue weighted by Crippen LogP contribution is -2.18. The van der Waals surface area contributed by atoms with Gasteiger partial charge in [0.05, 0.1) is 0 Å². The van der Waals surface area contributed by atoms with Crippen molar-refractivity contribution in [2.45, 2.75) is 6.36 Å². The zero-order valence-electron chi connectivity index (χ0n) is 7.03. The summed E-state index contributed by atoms with van der Waals surface area (Å²) < 4.78 is 62.9. The van der Waals surface area contributed by atoms with Crippen molar-refractivity contribution in [3.8, 4) is 17.8 Å². The summed E-state index contributed by atoms with van der Waals surface area (Å²) in [6, 6.07) is 2.40. The van der Waals surface area contributed by atoms with Crippen molar-refractivity contribution >= 4 is 0 Å². The van der Waals surface area contributed by atoms with Gasteiger partial charge in [0.1, 0.15) is 6.17 Å². The first-order chi connectivity index (χ1) is 6.92. The molecule has 0 aliphatic rings. The third kappa shape index (κ3) is 3.46. The first kappa shape index (κ1) is 11.3. The summed E-state index contributed by atoms with van der Waals surface area (Å²) in [6.45, 7) is 0. The largest absolute Gasteiger partial charge is 0.573 e. The first-order valence-electron chi connectivity index (χ1n) is 3.59. The minimum Gasteiger partial charge on any atom is -0.403 e. The summed E-state index contributed by atoms with van der Waals surface area (Å²) in [5.41, 5.74) is -0.113. The van der Waals surface area contributed by atoms with Gasteiger partial charge in [0.15, 0.2) is 11.6 Å². The maximum Gasteiger partial charge on any atom is 0.573 e. The zero-order chi connectivity index (χ0) is 11.5. The molecule has 1 nitrogen and oxygen atoms in total. The summed E-state index contributed by atoms with van der Waals surface area (Å²) in [4.78, 5) is 0. The molecule has 0 N–H and O–H groups in total. The van der Waals surface area contributed by atoms with E-state index < -0.39 is 17.9 Å². The molecule has 1 aromatic rings. The highest BCUT2D eigenvalue weighted by Crippen LogP contribution is 2.26. The molecular formula is C9H3F5O. The van der Waals surface area contributed by atoms with Gasteiger partial charge in [0, 0.05) is 5.56 Å². The van der Waals surface area contributed by atoms with Gasteiger partial charge in [-0.05, 0) is 24.1 Å². The van der Waals surface area contributed by atoms with Crippen LogP contribution in [0.25, 0.3) is 0 Å². The fourth-order valence-corrected chi connectivity index (χ4v) is 0.839. The summed E-state index contributed by atoms with van der Waals surface area (Å²) in [5.74, 6) is -0.406. The molecular weight excluding hydrogens is 219 g/mol. The van der Waals surface area contributed by atoms with Crippen molar-refractivity contribution in [1.82, 2.24) is 0 Å². The van der Waals surface area contributed by atoms with Gasteiger partial charge in [-0.2, -0.15) is 0 Å². The van der Waals surface area contributed by atoms with E-state index >= 15 is 0 Å². The normalized spacial score (nSPS) is 10.5. The van der Waals surface area contributed by atoms with Crippen LogP contribution in [-0.2, 0) is 0 Å². The Bertz CT molecular complexity index is 413. The Morgan fingerprint density at radius 1 is 1.20 bits per heavy atom. The van der Waals surface area contributed by atoms with Crippen LogP contribution in [0.15, 0.2) is 18.2 Å². The molecule has 0 aromatic heterocycles. The van der Waals surface area contributed by atoms with E-state index in [4.69, 9.17) is 0 Å². The second kappa shape index (κ2) is 4.17. The van der Waals surface area contributed by atoms with Crippen molar-refractivity contribution < 1.29 is 26.7 Å². The van der Waals surface area contributed by atoms with E-state index in [0.717, 1.165) is 12.2 Å². The van der Waals surface area contributed by atoms with Crippen LogP contribution in [0.4, 0.5) is 22.0 Å². The van der Waals surface area contributed by atoms with Crippen LogP contribution in [0.2, 0.25) is 0 Å². The Labute approximate surface area is 81.5 Å². The van der Waals surface area contributed by atoms with E-state index in [-0.39, 0.29) is 5.56 Å². The summed E-state index contributed by atoms with van der Waals surface area (Å²) in [6.07, 6.45) is -4.01. The number of benzene rings is 1. The molecule has 0 fully saturated rings. The number of ether oxygens (including phenoxy) is 1. The molecule has 1 aromatic carbocycles. The van der Waals surface area contributed by atoms with E-state index in [0.29, 0.717) is 12.1 Å². The predicted molar refractivity (Wildman–Crippen MR) is 41.1 cm³/mol. The zero-order valence-corrected chi connectivity index (χ0v) is 7.03. The molecule has 80 valence electrons. The fraction of sp³-hybridized carbons (Fsp3) is 0.111. The highest BCUT2D eigenvalue weighted by atomic mass is 19.4. The Balaban J connectivity index is 3.04. The molecule has 0 radical (unpaired) electrons. The van der Waals surface area contributed by atoms with Crippen LogP contribution in [0, 0.1) is 17.9 Å². The average molecular weight is 222 g/mol. The average Bonchev–Trinajstić information content (AvgIpc) is 2.09. The van der Waals surface area contributed by atoms with Crippen LogP contribution in [0.3, 0.4) is 0 Å². The number of hydrogen-bond acceptors (Lipinski definition) is 1. The molecule has 0 bridgehead atoms. The second-order valence-electron chi connectivity index (χ2n) is 2.41. The van der Waals surface area contributed by atoms with Gasteiger partial charge < -0.3 is 4.74 Å². The minimum absolute atomic E-state index is 0.113. The first-order valence-corrected chi connectivity index (χ1v) is 3.59. The van der Waals surface area contributed by atoms with Crippen LogP contribution in [-0.4, -0.2) is 6.36 Å². The Morgan fingerprint density at radius 3 is 2.40 bits per heavy atom. The quantitative estimate of drug-likeness (QED) is 0.524. The highest BCUT2D eigenvalue weighted by molar-refractivity contribution is 5.40. The standard InChI is InChI=1S/C9H3F5O/c10-4-3-6-1-2-7(11)8(5-6)15-9(12,13)14/h1-2,5H. The lowest BCUT2D eigenvalue weighted by molar-refractivity contribution is -0.275. The number of rotatable bonds is 1. The third-order valence-electron chi connectivity index (χ3n) is 1.35. The second-order valence-corrected chi connectivity index (χ2v) is 2.41. The van der Waals surface area contributed by atoms with Crippen LogP contribution < -0.4 is 4.74 Å². The number of hydrogen-bond donors (Lipinski definition) is 0. The van der Waals surface area contributed by atoms with Crippen molar-refractivity contribution in [2.24, 2.45) is 0 Å². The van der Waals surface area contributed by atoms with Gasteiger partial charge in [-0.3, -0.25) is 0 Å². The molecule has 0 saturated carbocycles. The number of alkyl halides is 3. The number of halogens is 5. The van der Waals surface area contributed by atoms with E-state index in [1.165, 1.54) is 0 Å². The Hall–Kier alpha value is -1.77. The molecule has 0 heterocycles. The molecule has 0 saturated heterocycles. The lowest BCUT2D eigenvalue weighted by Gasteiger charge is -2.09. The third-order valence-corrected chi connectivity index (χ3v) is 1.35. The molecule has 0 aliphatic carbocycles. The van der Waals surface area contributed by atoms with Crippen molar-refractivity contribution in [2.75, 3.05) is 0 Å². The monoisotopic (exact) mass is 222 g/mol. The smallest absolute Gasteiger partial charge is 0.403 e. The Kier molecular flexibility index (Phi) is 3.14. The van der Waals surface area contributed by atoms with Gasteiger partial charge in [0.25, 0.3) is 0 Å². The lowest BCUT2D eigenvalue weighted by atomic mass is 10.2. The summed E-state index contributed by atoms with van der Waals surface area (Å²) in [7, 11) is 0. The summed E-state index contributed by atoms with van der Waals surface area (Å²) >= 11 is 0. The van der Waals surface area contributed by atoms with Gasteiger partial charge in [-0.1, -0.05) is 0 Å². The van der Waals surface area contributed by atoms with Crippen LogP contribution in [0.1, 0.15) is 5.56 Å². The van der Waals surface area contributed by atoms with Gasteiger partial charge >= 0.3 is 6.36 Å². The van der Waals surface area contributed by atoms with Crippen LogP contribution in [0.5, 0.6) is 5.75 Å². The molecule has 6 heteroatoms. The van der Waals surface area contributed by atoms with E-state index in [1.807, 2.05) is 5.92 Å². The summed E-state index contributed by atoms with van der Waals surface area (Å²) in [5, 5.41) is 0. The van der Waals surface area contributed by atoms with Crippen molar-refractivity contribution in [3.63, 3.8) is 0 Å². The molecule has 1 rings (SSSR count). The van der Waals surface area contributed by atoms with Gasteiger partial charge in [-0.15, -0.1) is 17.6 Å². The molecule has 0 atom stereocenters. The van der Waals surface area contributed by atoms with E-state index in [1.54, 1.807) is 0 Å². The van der Waals surface area contributed by atoms with Gasteiger partial charge in [-0.25, -0.2) is 4.39 Å². The topological polar surface area (TPSA) is 9.23 Å². The maximum atomic E-state index is 12.8. The highest BCUT2D eigenvalue weighted by Gasteiger charge is 2.32. The van der Waals surface area contributed by atoms with E-state index in [9.17, 15) is 22.0 Å². The molecule has 15 heavy (non-hydrogen) atoms. The van der Waals surface area contributed by atoms with Gasteiger partial charge in [0.2, 0.25) is 0 Å². The molecule has 0 amide bonds. The SMILES string of the molecule is FC#Cc1ccc(F)c(OC(F)(F)F)c1. The fourth-order valence-electron chi connectivity index (χ4n) is 0.839. The molecule has 0 spiro atoms.